The molecule has 8 heteroatoms. The minimum atomic E-state index is -1.61. The normalized spacial score (nSPS) is 45.3. The van der Waals surface area contributed by atoms with Gasteiger partial charge in [-0.1, -0.05) is 41.5 Å². The Morgan fingerprint density at radius 1 is 1.10 bits per heavy atom. The first-order valence-electron chi connectivity index (χ1n) is 15.3. The number of carbonyl (C=O) groups is 1. The molecule has 0 saturated carbocycles. The number of nitrogens with zero attached hydrogens (tertiary/aromatic N) is 1. The number of esters is 1. The SMILES string of the molecule is CC[C@H]1OC(=O)[C@H](C)[C@H]2OC3(CCNCC3)OC(C)(C[C@@H](C)CN(C)[C@H](C)[C@@H](O)[C@]1(C)O)[C@H](C(C)(C)C)[C@H]2C. The number of hydrogen-bond acceptors (Lipinski definition) is 8. The second-order valence-corrected chi connectivity index (χ2v) is 14.6. The second-order valence-electron chi connectivity index (χ2n) is 14.6. The number of likely N-dealkylation sites (N-methyl/N-ethyl adjacent to an activating group) is 1. The van der Waals surface area contributed by atoms with Crippen molar-refractivity contribution in [3.63, 3.8) is 0 Å². The summed E-state index contributed by atoms with van der Waals surface area (Å²) in [5, 5.41) is 26.3. The van der Waals surface area contributed by atoms with Crippen molar-refractivity contribution < 1.29 is 29.2 Å². The molecule has 1 unspecified atom stereocenters. The largest absolute Gasteiger partial charge is 0.459 e. The molecule has 0 aromatic heterocycles. The van der Waals surface area contributed by atoms with E-state index in [0.717, 1.165) is 26.1 Å². The van der Waals surface area contributed by atoms with Crippen molar-refractivity contribution in [1.82, 2.24) is 10.2 Å². The van der Waals surface area contributed by atoms with E-state index in [2.05, 4.69) is 51.8 Å². The van der Waals surface area contributed by atoms with E-state index < -0.39 is 47.2 Å². The number of cyclic esters (lactones) is 1. The van der Waals surface area contributed by atoms with E-state index in [1.165, 1.54) is 0 Å². The van der Waals surface area contributed by atoms with Crippen LogP contribution in [0.15, 0.2) is 0 Å². The summed E-state index contributed by atoms with van der Waals surface area (Å²) in [6.07, 6.45) is 0.255. The highest BCUT2D eigenvalue weighted by Gasteiger charge is 2.58. The number of aliphatic hydroxyl groups is 2. The van der Waals surface area contributed by atoms with Crippen molar-refractivity contribution in [3.05, 3.63) is 0 Å². The van der Waals surface area contributed by atoms with Crippen LogP contribution in [0.3, 0.4) is 0 Å². The fourth-order valence-electron chi connectivity index (χ4n) is 8.40. The molecular weight excluding hydrogens is 496 g/mol. The summed E-state index contributed by atoms with van der Waals surface area (Å²) in [5.74, 6) is -1.41. The molecule has 1 spiro atoms. The van der Waals surface area contributed by atoms with Gasteiger partial charge in [-0.25, -0.2) is 0 Å². The third-order valence-electron chi connectivity index (χ3n) is 10.0. The third-order valence-corrected chi connectivity index (χ3v) is 10.0. The Morgan fingerprint density at radius 2 is 1.69 bits per heavy atom. The van der Waals surface area contributed by atoms with Gasteiger partial charge in [0.15, 0.2) is 5.79 Å². The number of fused-ring (bicyclic) bond motifs is 3. The predicted octanol–water partition coefficient (Wildman–Crippen LogP) is 3.97. The van der Waals surface area contributed by atoms with Gasteiger partial charge in [0.05, 0.1) is 17.6 Å². The Balaban J connectivity index is 2.19. The average molecular weight is 555 g/mol. The quantitative estimate of drug-likeness (QED) is 0.419. The summed E-state index contributed by atoms with van der Waals surface area (Å²) in [6, 6.07) is -0.345. The monoisotopic (exact) mass is 554 g/mol. The van der Waals surface area contributed by atoms with Crippen molar-refractivity contribution in [1.29, 1.82) is 0 Å². The summed E-state index contributed by atoms with van der Waals surface area (Å²) < 4.78 is 20.3. The molecule has 3 N–H and O–H groups in total. The smallest absolute Gasteiger partial charge is 0.311 e. The number of carbonyl (C=O) groups excluding carboxylic acids is 1. The Morgan fingerprint density at radius 3 is 2.23 bits per heavy atom. The van der Waals surface area contributed by atoms with Crippen molar-refractivity contribution >= 4 is 5.97 Å². The molecule has 0 aromatic rings. The van der Waals surface area contributed by atoms with E-state index in [4.69, 9.17) is 14.2 Å². The molecule has 3 rings (SSSR count). The van der Waals surface area contributed by atoms with Gasteiger partial charge in [0.2, 0.25) is 0 Å². The number of piperidine rings is 1. The number of nitrogens with one attached hydrogen (secondary N) is 1. The highest BCUT2D eigenvalue weighted by Crippen LogP contribution is 2.53. The highest BCUT2D eigenvalue weighted by molar-refractivity contribution is 5.73. The zero-order chi connectivity index (χ0) is 29.6. The van der Waals surface area contributed by atoms with Crippen LogP contribution in [0.2, 0.25) is 0 Å². The molecule has 0 aliphatic carbocycles. The van der Waals surface area contributed by atoms with E-state index >= 15 is 0 Å². The van der Waals surface area contributed by atoms with Crippen molar-refractivity contribution in [2.24, 2.45) is 29.1 Å². The maximum atomic E-state index is 13.8. The molecule has 10 atom stereocenters. The predicted molar refractivity (Wildman–Crippen MR) is 153 cm³/mol. The van der Waals surface area contributed by atoms with Gasteiger partial charge >= 0.3 is 5.97 Å². The van der Waals surface area contributed by atoms with E-state index in [9.17, 15) is 15.0 Å². The van der Waals surface area contributed by atoms with Crippen LogP contribution < -0.4 is 5.32 Å². The van der Waals surface area contributed by atoms with Crippen LogP contribution in [-0.2, 0) is 19.0 Å². The van der Waals surface area contributed by atoms with Crippen LogP contribution in [0, 0.1) is 29.1 Å². The van der Waals surface area contributed by atoms with Crippen LogP contribution in [0.25, 0.3) is 0 Å². The minimum absolute atomic E-state index is 0.00645. The minimum Gasteiger partial charge on any atom is -0.459 e. The van der Waals surface area contributed by atoms with Crippen LogP contribution in [-0.4, -0.2) is 89.1 Å². The molecule has 228 valence electrons. The van der Waals surface area contributed by atoms with Gasteiger partial charge in [0.1, 0.15) is 17.8 Å². The molecule has 3 aliphatic heterocycles. The molecule has 2 bridgehead atoms. The zero-order valence-electron chi connectivity index (χ0n) is 26.5. The van der Waals surface area contributed by atoms with Gasteiger partial charge in [-0.05, 0) is 70.8 Å². The first-order valence-corrected chi connectivity index (χ1v) is 15.3. The number of hydrogen-bond donors (Lipinski definition) is 3. The first kappa shape index (κ1) is 32.7. The van der Waals surface area contributed by atoms with Crippen molar-refractivity contribution in [2.75, 3.05) is 26.7 Å². The lowest BCUT2D eigenvalue weighted by Gasteiger charge is -2.50. The highest BCUT2D eigenvalue weighted by atomic mass is 16.7. The van der Waals surface area contributed by atoms with Crippen molar-refractivity contribution in [2.45, 2.75) is 136 Å². The molecule has 3 saturated heterocycles. The Labute approximate surface area is 237 Å². The molecule has 3 aliphatic rings. The summed E-state index contributed by atoms with van der Waals surface area (Å²) in [6.45, 7) is 23.1. The van der Waals surface area contributed by atoms with E-state index in [1.807, 2.05) is 27.8 Å². The standard InChI is InChI=1S/C31H58N2O6/c1-12-23-30(10,36)26(34)22(5)33(11)18-19(2)17-29(9)25(28(6,7)8)20(3)24(21(4)27(35)37-23)38-31(39-29)13-15-32-16-14-31/h19-26,32,34,36H,12-18H2,1-11H3/t19-,20+,21-,22-,23-,24+,25+,26-,29?,30-/m1/s1. The van der Waals surface area contributed by atoms with Gasteiger partial charge in [0, 0.05) is 38.5 Å². The van der Waals surface area contributed by atoms with Gasteiger partial charge in [-0.15, -0.1) is 0 Å². The van der Waals surface area contributed by atoms with Gasteiger partial charge in [-0.3, -0.25) is 4.79 Å². The van der Waals surface area contributed by atoms with Crippen molar-refractivity contribution in [3.8, 4) is 0 Å². The summed E-state index contributed by atoms with van der Waals surface area (Å²) in [7, 11) is 1.99. The lowest BCUT2D eigenvalue weighted by molar-refractivity contribution is -0.309. The van der Waals surface area contributed by atoms with E-state index in [0.29, 0.717) is 19.3 Å². The molecule has 39 heavy (non-hydrogen) atoms. The average Bonchev–Trinajstić information content (AvgIpc) is 2.91. The topological polar surface area (TPSA) is 100 Å². The van der Waals surface area contributed by atoms with Crippen LogP contribution in [0.4, 0.5) is 0 Å². The number of rotatable bonds is 1. The third kappa shape index (κ3) is 6.67. The van der Waals surface area contributed by atoms with Crippen LogP contribution in [0.5, 0.6) is 0 Å². The zero-order valence-corrected chi connectivity index (χ0v) is 26.5. The maximum absolute atomic E-state index is 13.8. The molecule has 3 fully saturated rings. The summed E-state index contributed by atoms with van der Waals surface area (Å²) >= 11 is 0. The molecular formula is C31H58N2O6. The second kappa shape index (κ2) is 11.8. The van der Waals surface area contributed by atoms with Gasteiger partial charge in [0.25, 0.3) is 0 Å². The first-order chi connectivity index (χ1) is 17.9. The Hall–Kier alpha value is -0.770. The van der Waals surface area contributed by atoms with Gasteiger partial charge < -0.3 is 34.6 Å². The molecule has 0 amide bonds. The van der Waals surface area contributed by atoms with E-state index in [1.54, 1.807) is 6.92 Å². The lowest BCUT2D eigenvalue weighted by atomic mass is 9.61. The lowest BCUT2D eigenvalue weighted by Crippen LogP contribution is -2.59. The van der Waals surface area contributed by atoms with Gasteiger partial charge in [-0.2, -0.15) is 0 Å². The summed E-state index contributed by atoms with van der Waals surface area (Å²) in [4.78, 5) is 15.9. The molecule has 0 radical (unpaired) electrons. The molecule has 8 nitrogen and oxygen atoms in total. The van der Waals surface area contributed by atoms with Crippen LogP contribution in [0.1, 0.15) is 94.9 Å². The van der Waals surface area contributed by atoms with E-state index in [-0.39, 0.29) is 29.2 Å². The molecule has 3 heterocycles. The number of aliphatic hydroxyl groups excluding tert-OH is 1. The molecule has 0 aromatic carbocycles. The Bertz CT molecular complexity index is 837. The maximum Gasteiger partial charge on any atom is 0.311 e. The Kier molecular flexibility index (Phi) is 9.94. The summed E-state index contributed by atoms with van der Waals surface area (Å²) in [5.41, 5.74) is -2.23. The van der Waals surface area contributed by atoms with Crippen LogP contribution >= 0.6 is 0 Å². The number of ether oxygens (including phenoxy) is 3. The fraction of sp³-hybridized carbons (Fsp3) is 0.968. The fourth-order valence-corrected chi connectivity index (χ4v) is 8.40.